The van der Waals surface area contributed by atoms with Gasteiger partial charge in [0.15, 0.2) is 0 Å². The maximum Gasteiger partial charge on any atom is 0.318 e. The van der Waals surface area contributed by atoms with Gasteiger partial charge in [-0.3, -0.25) is 30.3 Å². The number of nitro benzene ring substituents is 1. The molecule has 12 nitrogen and oxygen atoms in total. The van der Waals surface area contributed by atoms with Crippen molar-refractivity contribution in [1.82, 2.24) is 4.98 Å². The first kappa shape index (κ1) is 17.5. The molecule has 0 fully saturated rings. The summed E-state index contributed by atoms with van der Waals surface area (Å²) in [6.45, 7) is 0.580. The number of pyridine rings is 1. The van der Waals surface area contributed by atoms with Crippen molar-refractivity contribution in [2.75, 3.05) is 23.7 Å². The molecular weight excluding hydrogens is 336 g/mol. The summed E-state index contributed by atoms with van der Waals surface area (Å²) in [6, 6.07) is 6.59. The van der Waals surface area contributed by atoms with Crippen molar-refractivity contribution in [1.29, 1.82) is 0 Å². The fourth-order valence-corrected chi connectivity index (χ4v) is 1.91. The van der Waals surface area contributed by atoms with Crippen LogP contribution >= 0.6 is 0 Å². The molecule has 1 heterocycles. The van der Waals surface area contributed by atoms with Gasteiger partial charge in [0.05, 0.1) is 20.8 Å². The van der Waals surface area contributed by atoms with E-state index in [1.165, 1.54) is 24.3 Å². The van der Waals surface area contributed by atoms with E-state index in [2.05, 4.69) is 15.6 Å². The number of non-ortho nitro benzene ring substituents is 1. The van der Waals surface area contributed by atoms with Crippen molar-refractivity contribution in [2.24, 2.45) is 0 Å². The van der Waals surface area contributed by atoms with Crippen LogP contribution < -0.4 is 10.6 Å². The van der Waals surface area contributed by atoms with Crippen molar-refractivity contribution in [3.8, 4) is 0 Å². The Morgan fingerprint density at radius 1 is 0.840 bits per heavy atom. The lowest BCUT2D eigenvalue weighted by atomic mass is 10.3. The van der Waals surface area contributed by atoms with Crippen LogP contribution in [0, 0.1) is 30.3 Å². The first-order valence-electron chi connectivity index (χ1n) is 6.89. The highest BCUT2D eigenvalue weighted by molar-refractivity contribution is 5.59. The van der Waals surface area contributed by atoms with Crippen molar-refractivity contribution >= 4 is 28.6 Å². The van der Waals surface area contributed by atoms with Crippen molar-refractivity contribution in [3.05, 3.63) is 66.9 Å². The Labute approximate surface area is 139 Å². The molecule has 0 saturated heterocycles. The summed E-state index contributed by atoms with van der Waals surface area (Å²) in [4.78, 5) is 33.8. The summed E-state index contributed by atoms with van der Waals surface area (Å²) in [5.74, 6) is -0.0823. The summed E-state index contributed by atoms with van der Waals surface area (Å²) in [5, 5.41) is 37.8. The minimum Gasteiger partial charge on any atom is -0.383 e. The molecule has 0 spiro atoms. The summed E-state index contributed by atoms with van der Waals surface area (Å²) in [7, 11) is 0. The topological polar surface area (TPSA) is 166 Å². The number of hydrogen-bond acceptors (Lipinski definition) is 9. The Morgan fingerprint density at radius 3 is 2.00 bits per heavy atom. The van der Waals surface area contributed by atoms with Gasteiger partial charge in [0.25, 0.3) is 11.4 Å². The molecule has 0 atom stereocenters. The molecule has 0 aliphatic rings. The van der Waals surface area contributed by atoms with Crippen molar-refractivity contribution in [2.45, 2.75) is 0 Å². The van der Waals surface area contributed by atoms with E-state index in [1.807, 2.05) is 0 Å². The number of anilines is 2. The van der Waals surface area contributed by atoms with Crippen LogP contribution in [0.15, 0.2) is 36.5 Å². The average Bonchev–Trinajstić information content (AvgIpc) is 2.58. The number of benzene rings is 1. The molecule has 130 valence electrons. The predicted octanol–water partition coefficient (Wildman–Crippen LogP) is 2.33. The summed E-state index contributed by atoms with van der Waals surface area (Å²) in [6.07, 6.45) is 0.930. The Balaban J connectivity index is 1.94. The van der Waals surface area contributed by atoms with Crippen LogP contribution in [0.5, 0.6) is 0 Å². The highest BCUT2D eigenvalue weighted by atomic mass is 16.6. The molecule has 1 aromatic heterocycles. The second kappa shape index (κ2) is 7.63. The Hall–Kier alpha value is -3.83. The number of aromatic nitrogens is 1. The van der Waals surface area contributed by atoms with E-state index in [1.54, 1.807) is 0 Å². The summed E-state index contributed by atoms with van der Waals surface area (Å²) in [5.41, 5.74) is -0.362. The molecule has 25 heavy (non-hydrogen) atoms. The molecule has 0 unspecified atom stereocenters. The molecular formula is C13H12N6O6. The lowest BCUT2D eigenvalue weighted by Crippen LogP contribution is -2.15. The largest absolute Gasteiger partial charge is 0.383 e. The average molecular weight is 348 g/mol. The molecule has 0 amide bonds. The van der Waals surface area contributed by atoms with E-state index in [0.717, 1.165) is 12.3 Å². The van der Waals surface area contributed by atoms with Crippen LogP contribution in [0.3, 0.4) is 0 Å². The number of hydrogen-bond donors (Lipinski definition) is 2. The highest BCUT2D eigenvalue weighted by Crippen LogP contribution is 2.26. The van der Waals surface area contributed by atoms with E-state index in [4.69, 9.17) is 0 Å². The van der Waals surface area contributed by atoms with E-state index in [-0.39, 0.29) is 18.1 Å². The maximum absolute atomic E-state index is 11.0. The van der Waals surface area contributed by atoms with E-state index in [9.17, 15) is 30.3 Å². The summed E-state index contributed by atoms with van der Waals surface area (Å²) >= 11 is 0. The number of nitrogens with one attached hydrogen (secondary N) is 2. The molecule has 0 aliphatic carbocycles. The summed E-state index contributed by atoms with van der Waals surface area (Å²) < 4.78 is 0. The maximum atomic E-state index is 11.0. The molecule has 2 N–H and O–H groups in total. The quantitative estimate of drug-likeness (QED) is 0.413. The molecule has 12 heteroatoms. The van der Waals surface area contributed by atoms with Gasteiger partial charge in [-0.15, -0.1) is 0 Å². The van der Waals surface area contributed by atoms with Gasteiger partial charge in [-0.05, 0) is 12.1 Å². The molecule has 2 aromatic rings. The first-order valence-corrected chi connectivity index (χ1v) is 6.89. The number of nitro groups is 3. The van der Waals surface area contributed by atoms with E-state index < -0.39 is 26.1 Å². The van der Waals surface area contributed by atoms with Crippen LogP contribution in [-0.2, 0) is 0 Å². The second-order valence-electron chi connectivity index (χ2n) is 4.73. The zero-order valence-electron chi connectivity index (χ0n) is 12.6. The van der Waals surface area contributed by atoms with Crippen molar-refractivity contribution in [3.63, 3.8) is 0 Å². The van der Waals surface area contributed by atoms with Gasteiger partial charge < -0.3 is 10.6 Å². The van der Waals surface area contributed by atoms with Gasteiger partial charge in [0.2, 0.25) is 5.82 Å². The van der Waals surface area contributed by atoms with Crippen LogP contribution in [0.25, 0.3) is 0 Å². The number of rotatable bonds is 8. The predicted molar refractivity (Wildman–Crippen MR) is 87.6 cm³/mol. The van der Waals surface area contributed by atoms with Gasteiger partial charge in [0.1, 0.15) is 6.20 Å². The third-order valence-electron chi connectivity index (χ3n) is 3.09. The zero-order chi connectivity index (χ0) is 18.4. The second-order valence-corrected chi connectivity index (χ2v) is 4.73. The van der Waals surface area contributed by atoms with E-state index in [0.29, 0.717) is 12.2 Å². The Bertz CT molecular complexity index is 809. The van der Waals surface area contributed by atoms with Crippen LogP contribution in [0.1, 0.15) is 0 Å². The first-order chi connectivity index (χ1) is 11.9. The third kappa shape index (κ3) is 4.57. The molecule has 0 saturated carbocycles. The monoisotopic (exact) mass is 348 g/mol. The van der Waals surface area contributed by atoms with Crippen LogP contribution in [0.4, 0.5) is 28.6 Å². The van der Waals surface area contributed by atoms with Crippen LogP contribution in [0.2, 0.25) is 0 Å². The fraction of sp³-hybridized carbons (Fsp3) is 0.154. The van der Waals surface area contributed by atoms with Gasteiger partial charge in [-0.1, -0.05) is 0 Å². The Morgan fingerprint density at radius 2 is 1.44 bits per heavy atom. The molecule has 0 bridgehead atoms. The molecule has 0 radical (unpaired) electrons. The van der Waals surface area contributed by atoms with Gasteiger partial charge >= 0.3 is 5.69 Å². The van der Waals surface area contributed by atoms with Crippen LogP contribution in [-0.4, -0.2) is 32.8 Å². The lowest BCUT2D eigenvalue weighted by molar-refractivity contribution is -0.394. The van der Waals surface area contributed by atoms with Crippen molar-refractivity contribution < 1.29 is 14.8 Å². The van der Waals surface area contributed by atoms with Gasteiger partial charge in [0, 0.05) is 30.9 Å². The van der Waals surface area contributed by atoms with E-state index >= 15 is 0 Å². The minimum absolute atomic E-state index is 0.0330. The zero-order valence-corrected chi connectivity index (χ0v) is 12.6. The SMILES string of the molecule is O=[N+]([O-])c1ccc(NCCNc2ncc([N+](=O)[O-])cc2[N+](=O)[O-])cc1. The normalized spacial score (nSPS) is 10.1. The van der Waals surface area contributed by atoms with Gasteiger partial charge in [-0.25, -0.2) is 4.98 Å². The number of nitrogens with zero attached hydrogens (tertiary/aromatic N) is 4. The Kier molecular flexibility index (Phi) is 5.35. The fourth-order valence-electron chi connectivity index (χ4n) is 1.91. The smallest absolute Gasteiger partial charge is 0.318 e. The minimum atomic E-state index is -0.764. The highest BCUT2D eigenvalue weighted by Gasteiger charge is 2.20. The lowest BCUT2D eigenvalue weighted by Gasteiger charge is -2.08. The standard InChI is InChI=1S/C13H12N6O6/c20-17(21)10-3-1-9(2-4-10)14-5-6-15-13-12(19(24)25)7-11(8-16-13)18(22)23/h1-4,7-8,14H,5-6H2,(H,15,16). The molecule has 1 aromatic carbocycles. The molecule has 0 aliphatic heterocycles. The third-order valence-corrected chi connectivity index (χ3v) is 3.09. The van der Waals surface area contributed by atoms with Gasteiger partial charge in [-0.2, -0.15) is 0 Å². The molecule has 2 rings (SSSR count).